The fraction of sp³-hybridized carbons (Fsp3) is 0.448. The number of hydrogen-bond acceptors (Lipinski definition) is 5. The van der Waals surface area contributed by atoms with Crippen molar-refractivity contribution in [3.63, 3.8) is 0 Å². The Bertz CT molecular complexity index is 1340. The predicted octanol–water partition coefficient (Wildman–Crippen LogP) is 5.52. The van der Waals surface area contributed by atoms with Gasteiger partial charge >= 0.3 is 0 Å². The van der Waals surface area contributed by atoms with Crippen LogP contribution in [0.3, 0.4) is 0 Å². The van der Waals surface area contributed by atoms with Crippen LogP contribution in [0.15, 0.2) is 59.4 Å². The first kappa shape index (κ1) is 24.4. The summed E-state index contributed by atoms with van der Waals surface area (Å²) in [5, 5.41) is 14.2. The van der Waals surface area contributed by atoms with Crippen molar-refractivity contribution in [1.29, 1.82) is 0 Å². The van der Waals surface area contributed by atoms with Gasteiger partial charge in [0.25, 0.3) is 5.56 Å². The maximum atomic E-state index is 13.2. The Morgan fingerprint density at radius 1 is 1.11 bits per heavy atom. The normalized spacial score (nSPS) is 15.2. The molecule has 7 nitrogen and oxygen atoms in total. The molecule has 0 saturated heterocycles. The third-order valence-corrected chi connectivity index (χ3v) is 7.56. The van der Waals surface area contributed by atoms with E-state index in [0.717, 1.165) is 66.5 Å². The summed E-state index contributed by atoms with van der Waals surface area (Å²) in [5.74, 6) is 0.935. The molecule has 0 aliphatic heterocycles. The molecule has 1 aliphatic carbocycles. The lowest BCUT2D eigenvalue weighted by molar-refractivity contribution is 0.163. The zero-order valence-corrected chi connectivity index (χ0v) is 21.4. The standard InChI is InChI=1S/C29H36N6O/c1-3-10-26(28-31-32-33-35(28)25-15-7-8-16-25)34(18-17-22-12-5-4-6-13-22)20-24-19-23-14-9-11-21(2)27(23)30-29(24)36/h4-6,9,11-14,19,25-26H,3,7-8,10,15-18,20H2,1-2H3,(H,30,36). The van der Waals surface area contributed by atoms with Crippen molar-refractivity contribution >= 4 is 10.9 Å². The molecule has 2 heterocycles. The zero-order chi connectivity index (χ0) is 24.9. The Labute approximate surface area is 212 Å². The lowest BCUT2D eigenvalue weighted by atomic mass is 10.0. The molecule has 2 aromatic heterocycles. The van der Waals surface area contributed by atoms with Crippen molar-refractivity contribution in [2.45, 2.75) is 77.4 Å². The van der Waals surface area contributed by atoms with Gasteiger partial charge in [-0.05, 0) is 65.6 Å². The Kier molecular flexibility index (Phi) is 7.56. The molecule has 7 heteroatoms. The number of hydrogen-bond donors (Lipinski definition) is 1. The first-order valence-electron chi connectivity index (χ1n) is 13.3. The van der Waals surface area contributed by atoms with E-state index in [1.54, 1.807) is 0 Å². The summed E-state index contributed by atoms with van der Waals surface area (Å²) < 4.78 is 2.08. The van der Waals surface area contributed by atoms with Crippen LogP contribution in [0.1, 0.15) is 80.0 Å². The number of benzene rings is 2. The van der Waals surface area contributed by atoms with Crippen molar-refractivity contribution in [3.05, 3.63) is 87.5 Å². The zero-order valence-electron chi connectivity index (χ0n) is 21.4. The third-order valence-electron chi connectivity index (χ3n) is 7.56. The van der Waals surface area contributed by atoms with E-state index in [2.05, 4.69) is 73.4 Å². The molecular weight excluding hydrogens is 448 g/mol. The highest BCUT2D eigenvalue weighted by Gasteiger charge is 2.30. The van der Waals surface area contributed by atoms with Gasteiger partial charge in [-0.3, -0.25) is 9.69 Å². The molecule has 1 atom stereocenters. The first-order valence-corrected chi connectivity index (χ1v) is 13.3. The second-order valence-corrected chi connectivity index (χ2v) is 10.1. The van der Waals surface area contributed by atoms with Gasteiger partial charge in [0.15, 0.2) is 5.82 Å². The summed E-state index contributed by atoms with van der Waals surface area (Å²) in [6.45, 7) is 5.60. The number of aromatic amines is 1. The van der Waals surface area contributed by atoms with Gasteiger partial charge in [-0.25, -0.2) is 4.68 Å². The van der Waals surface area contributed by atoms with Gasteiger partial charge in [0.05, 0.1) is 17.6 Å². The summed E-state index contributed by atoms with van der Waals surface area (Å²) in [6, 6.07) is 19.2. The number of aromatic nitrogens is 5. The molecule has 0 radical (unpaired) electrons. The summed E-state index contributed by atoms with van der Waals surface area (Å²) >= 11 is 0. The molecule has 188 valence electrons. The molecule has 0 amide bonds. The number of aryl methyl sites for hydroxylation is 1. The third kappa shape index (κ3) is 5.26. The van der Waals surface area contributed by atoms with Crippen molar-refractivity contribution in [3.8, 4) is 0 Å². The van der Waals surface area contributed by atoms with Gasteiger partial charge in [-0.2, -0.15) is 0 Å². The summed E-state index contributed by atoms with van der Waals surface area (Å²) in [4.78, 5) is 18.8. The Morgan fingerprint density at radius 3 is 2.69 bits per heavy atom. The molecule has 1 unspecified atom stereocenters. The van der Waals surface area contributed by atoms with Crippen molar-refractivity contribution < 1.29 is 0 Å². The van der Waals surface area contributed by atoms with Gasteiger partial charge in [0, 0.05) is 18.7 Å². The van der Waals surface area contributed by atoms with Crippen LogP contribution in [0, 0.1) is 6.92 Å². The highest BCUT2D eigenvalue weighted by atomic mass is 16.1. The minimum absolute atomic E-state index is 0.0212. The number of nitrogens with one attached hydrogen (secondary N) is 1. The van der Waals surface area contributed by atoms with Gasteiger partial charge in [0.1, 0.15) is 0 Å². The topological polar surface area (TPSA) is 79.7 Å². The van der Waals surface area contributed by atoms with Crippen LogP contribution < -0.4 is 5.56 Å². The highest BCUT2D eigenvalue weighted by Crippen LogP contribution is 2.33. The SMILES string of the molecule is CCCC(c1nnnn1C1CCCC1)N(CCc1ccccc1)Cc1cc2cccc(C)c2[nH]c1=O. The quantitative estimate of drug-likeness (QED) is 0.320. The van der Waals surface area contributed by atoms with Gasteiger partial charge < -0.3 is 4.98 Å². The molecule has 2 aromatic carbocycles. The molecule has 5 rings (SSSR count). The largest absolute Gasteiger partial charge is 0.321 e. The molecule has 1 fully saturated rings. The van der Waals surface area contributed by atoms with Crippen LogP contribution in [0.4, 0.5) is 0 Å². The molecule has 0 spiro atoms. The van der Waals surface area contributed by atoms with Gasteiger partial charge in [0.2, 0.25) is 0 Å². The van der Waals surface area contributed by atoms with Crippen LogP contribution >= 0.6 is 0 Å². The lowest BCUT2D eigenvalue weighted by Gasteiger charge is -2.31. The number of H-pyrrole nitrogens is 1. The van der Waals surface area contributed by atoms with E-state index >= 15 is 0 Å². The Hall–Kier alpha value is -3.32. The van der Waals surface area contributed by atoms with E-state index < -0.39 is 0 Å². The highest BCUT2D eigenvalue weighted by molar-refractivity contribution is 5.81. The Morgan fingerprint density at radius 2 is 1.92 bits per heavy atom. The molecule has 4 aromatic rings. The van der Waals surface area contributed by atoms with E-state index in [0.29, 0.717) is 12.6 Å². The Balaban J connectivity index is 1.51. The van der Waals surface area contributed by atoms with E-state index in [1.165, 1.54) is 18.4 Å². The van der Waals surface area contributed by atoms with Gasteiger partial charge in [-0.15, -0.1) is 5.10 Å². The van der Waals surface area contributed by atoms with Crippen LogP contribution in [-0.4, -0.2) is 36.6 Å². The smallest absolute Gasteiger partial charge is 0.252 e. The maximum Gasteiger partial charge on any atom is 0.252 e. The maximum absolute atomic E-state index is 13.2. The number of rotatable bonds is 10. The van der Waals surface area contributed by atoms with Crippen molar-refractivity contribution in [2.75, 3.05) is 6.54 Å². The molecule has 1 N–H and O–H groups in total. The molecule has 1 saturated carbocycles. The molecular formula is C29H36N6O. The number of tetrazole rings is 1. The van der Waals surface area contributed by atoms with Crippen LogP contribution in [0.2, 0.25) is 0 Å². The van der Waals surface area contributed by atoms with E-state index in [-0.39, 0.29) is 11.6 Å². The number of nitrogens with zero attached hydrogens (tertiary/aromatic N) is 5. The monoisotopic (exact) mass is 484 g/mol. The summed E-state index contributed by atoms with van der Waals surface area (Å²) in [5.41, 5.74) is 4.04. The van der Waals surface area contributed by atoms with Crippen molar-refractivity contribution in [1.82, 2.24) is 30.1 Å². The van der Waals surface area contributed by atoms with Crippen molar-refractivity contribution in [2.24, 2.45) is 0 Å². The average molecular weight is 485 g/mol. The molecule has 1 aliphatic rings. The number of pyridine rings is 1. The fourth-order valence-electron chi connectivity index (χ4n) is 5.60. The second kappa shape index (κ2) is 11.2. The van der Waals surface area contributed by atoms with Crippen LogP contribution in [0.5, 0.6) is 0 Å². The van der Waals surface area contributed by atoms with Gasteiger partial charge in [-0.1, -0.05) is 74.7 Å². The van der Waals surface area contributed by atoms with E-state index in [4.69, 9.17) is 0 Å². The average Bonchev–Trinajstić information content (AvgIpc) is 3.59. The predicted molar refractivity (Wildman–Crippen MR) is 143 cm³/mol. The van der Waals surface area contributed by atoms with E-state index in [9.17, 15) is 4.79 Å². The van der Waals surface area contributed by atoms with E-state index in [1.807, 2.05) is 25.1 Å². The fourth-order valence-corrected chi connectivity index (χ4v) is 5.60. The van der Waals surface area contributed by atoms with Crippen LogP contribution in [0.25, 0.3) is 10.9 Å². The number of para-hydroxylation sites is 1. The van der Waals surface area contributed by atoms with Crippen LogP contribution in [-0.2, 0) is 13.0 Å². The lowest BCUT2D eigenvalue weighted by Crippen LogP contribution is -2.35. The minimum Gasteiger partial charge on any atom is -0.321 e. The summed E-state index contributed by atoms with van der Waals surface area (Å²) in [7, 11) is 0. The first-order chi connectivity index (χ1) is 17.6. The molecule has 36 heavy (non-hydrogen) atoms. The minimum atomic E-state index is -0.0212. The molecule has 0 bridgehead atoms. The second-order valence-electron chi connectivity index (χ2n) is 10.1. The number of fused-ring (bicyclic) bond motifs is 1. The summed E-state index contributed by atoms with van der Waals surface area (Å²) in [6.07, 6.45) is 7.56.